The summed E-state index contributed by atoms with van der Waals surface area (Å²) in [5, 5.41) is 3.54. The summed E-state index contributed by atoms with van der Waals surface area (Å²) in [5.74, 6) is 1.12. The zero-order valence-corrected chi connectivity index (χ0v) is 9.82. The standard InChI is InChI=1S/C13H19N3/c1-16(12-4-5-12)13-8-10(6-7-14-13)9-15-11-2-3-11/h6-8,11-12,15H,2-5,9H2,1H3. The van der Waals surface area contributed by atoms with Gasteiger partial charge in [-0.05, 0) is 43.4 Å². The van der Waals surface area contributed by atoms with Crippen LogP contribution >= 0.6 is 0 Å². The third-order valence-electron chi connectivity index (χ3n) is 3.44. The molecule has 3 heteroatoms. The SMILES string of the molecule is CN(c1cc(CNC2CC2)ccn1)C1CC1. The molecule has 3 nitrogen and oxygen atoms in total. The Kier molecular flexibility index (Phi) is 2.56. The van der Waals surface area contributed by atoms with E-state index in [1.54, 1.807) is 0 Å². The van der Waals surface area contributed by atoms with E-state index in [4.69, 9.17) is 0 Å². The first-order valence-corrected chi connectivity index (χ1v) is 6.24. The van der Waals surface area contributed by atoms with E-state index >= 15 is 0 Å². The molecule has 1 aromatic heterocycles. The lowest BCUT2D eigenvalue weighted by molar-refractivity contribution is 0.686. The minimum absolute atomic E-state index is 0.735. The van der Waals surface area contributed by atoms with Crippen molar-refractivity contribution in [3.8, 4) is 0 Å². The van der Waals surface area contributed by atoms with E-state index in [2.05, 4.69) is 34.4 Å². The summed E-state index contributed by atoms with van der Waals surface area (Å²) >= 11 is 0. The number of rotatable bonds is 5. The predicted octanol–water partition coefficient (Wildman–Crippen LogP) is 1.93. The van der Waals surface area contributed by atoms with Crippen LogP contribution in [0.15, 0.2) is 18.3 Å². The lowest BCUT2D eigenvalue weighted by Crippen LogP contribution is -2.21. The third kappa shape index (κ3) is 2.35. The molecule has 2 aliphatic rings. The van der Waals surface area contributed by atoms with Crippen molar-refractivity contribution in [1.82, 2.24) is 10.3 Å². The number of nitrogens with one attached hydrogen (secondary N) is 1. The Morgan fingerprint density at radius 2 is 2.19 bits per heavy atom. The van der Waals surface area contributed by atoms with Crippen LogP contribution in [0.3, 0.4) is 0 Å². The van der Waals surface area contributed by atoms with Crippen molar-refractivity contribution in [2.24, 2.45) is 0 Å². The Morgan fingerprint density at radius 3 is 2.88 bits per heavy atom. The van der Waals surface area contributed by atoms with Gasteiger partial charge in [-0.3, -0.25) is 0 Å². The van der Waals surface area contributed by atoms with Gasteiger partial charge in [0.25, 0.3) is 0 Å². The molecule has 2 fully saturated rings. The van der Waals surface area contributed by atoms with Gasteiger partial charge in [-0.1, -0.05) is 0 Å². The van der Waals surface area contributed by atoms with Crippen LogP contribution in [-0.4, -0.2) is 24.1 Å². The zero-order chi connectivity index (χ0) is 11.0. The molecule has 0 saturated heterocycles. The average molecular weight is 217 g/mol. The highest BCUT2D eigenvalue weighted by molar-refractivity contribution is 5.42. The minimum Gasteiger partial charge on any atom is -0.357 e. The van der Waals surface area contributed by atoms with E-state index < -0.39 is 0 Å². The highest BCUT2D eigenvalue weighted by Gasteiger charge is 2.27. The van der Waals surface area contributed by atoms with Crippen LogP contribution in [0, 0.1) is 0 Å². The van der Waals surface area contributed by atoms with Crippen molar-refractivity contribution >= 4 is 5.82 Å². The number of anilines is 1. The lowest BCUT2D eigenvalue weighted by atomic mass is 10.2. The molecule has 86 valence electrons. The van der Waals surface area contributed by atoms with Crippen LogP contribution < -0.4 is 10.2 Å². The van der Waals surface area contributed by atoms with Gasteiger partial charge in [0.1, 0.15) is 5.82 Å². The highest BCUT2D eigenvalue weighted by Crippen LogP contribution is 2.29. The Bertz CT molecular complexity index is 369. The molecule has 0 radical (unpaired) electrons. The smallest absolute Gasteiger partial charge is 0.128 e. The van der Waals surface area contributed by atoms with E-state index in [1.807, 2.05) is 6.20 Å². The van der Waals surface area contributed by atoms with Crippen LogP contribution in [0.4, 0.5) is 5.82 Å². The van der Waals surface area contributed by atoms with E-state index in [0.717, 1.165) is 24.4 Å². The van der Waals surface area contributed by atoms with Crippen LogP contribution in [0.5, 0.6) is 0 Å². The topological polar surface area (TPSA) is 28.2 Å². The first-order valence-electron chi connectivity index (χ1n) is 6.24. The van der Waals surface area contributed by atoms with Crippen molar-refractivity contribution in [1.29, 1.82) is 0 Å². The van der Waals surface area contributed by atoms with Crippen molar-refractivity contribution in [2.75, 3.05) is 11.9 Å². The van der Waals surface area contributed by atoms with Crippen LogP contribution in [0.2, 0.25) is 0 Å². The third-order valence-corrected chi connectivity index (χ3v) is 3.44. The van der Waals surface area contributed by atoms with E-state index in [0.29, 0.717) is 0 Å². The van der Waals surface area contributed by atoms with Crippen molar-refractivity contribution < 1.29 is 0 Å². The molecule has 2 saturated carbocycles. The van der Waals surface area contributed by atoms with Gasteiger partial charge < -0.3 is 10.2 Å². The number of pyridine rings is 1. The average Bonchev–Trinajstić information content (AvgIpc) is 3.18. The van der Waals surface area contributed by atoms with Gasteiger partial charge in [-0.25, -0.2) is 4.98 Å². The summed E-state index contributed by atoms with van der Waals surface area (Å²) in [6.45, 7) is 0.985. The van der Waals surface area contributed by atoms with Gasteiger partial charge >= 0.3 is 0 Å². The Morgan fingerprint density at radius 1 is 1.38 bits per heavy atom. The Labute approximate surface area is 96.9 Å². The molecule has 2 aliphatic carbocycles. The first kappa shape index (κ1) is 10.1. The largest absolute Gasteiger partial charge is 0.357 e. The number of hydrogen-bond acceptors (Lipinski definition) is 3. The van der Waals surface area contributed by atoms with Gasteiger partial charge in [0.15, 0.2) is 0 Å². The van der Waals surface area contributed by atoms with Crippen molar-refractivity contribution in [3.63, 3.8) is 0 Å². The monoisotopic (exact) mass is 217 g/mol. The predicted molar refractivity (Wildman–Crippen MR) is 65.5 cm³/mol. The molecule has 1 N–H and O–H groups in total. The van der Waals surface area contributed by atoms with Gasteiger partial charge in [0.05, 0.1) is 0 Å². The molecular weight excluding hydrogens is 198 g/mol. The van der Waals surface area contributed by atoms with Crippen LogP contribution in [0.25, 0.3) is 0 Å². The second-order valence-electron chi connectivity index (χ2n) is 5.02. The van der Waals surface area contributed by atoms with E-state index in [9.17, 15) is 0 Å². The van der Waals surface area contributed by atoms with Crippen LogP contribution in [-0.2, 0) is 6.54 Å². The molecule has 0 unspecified atom stereocenters. The van der Waals surface area contributed by atoms with Gasteiger partial charge in [0.2, 0.25) is 0 Å². The Hall–Kier alpha value is -1.09. The summed E-state index contributed by atoms with van der Waals surface area (Å²) in [5.41, 5.74) is 1.35. The fourth-order valence-electron chi connectivity index (χ4n) is 1.96. The second-order valence-corrected chi connectivity index (χ2v) is 5.02. The summed E-state index contributed by atoms with van der Waals surface area (Å²) < 4.78 is 0. The Balaban J connectivity index is 1.65. The molecular formula is C13H19N3. The number of nitrogens with zero attached hydrogens (tertiary/aromatic N) is 2. The second kappa shape index (κ2) is 4.06. The van der Waals surface area contributed by atoms with Crippen molar-refractivity contribution in [2.45, 2.75) is 44.3 Å². The quantitative estimate of drug-likeness (QED) is 0.817. The molecule has 0 aliphatic heterocycles. The summed E-state index contributed by atoms with van der Waals surface area (Å²) in [6.07, 6.45) is 7.27. The summed E-state index contributed by atoms with van der Waals surface area (Å²) in [7, 11) is 2.15. The van der Waals surface area contributed by atoms with Crippen LogP contribution in [0.1, 0.15) is 31.2 Å². The number of hydrogen-bond donors (Lipinski definition) is 1. The molecule has 3 rings (SSSR count). The maximum Gasteiger partial charge on any atom is 0.128 e. The molecule has 0 spiro atoms. The maximum atomic E-state index is 4.44. The van der Waals surface area contributed by atoms with Gasteiger partial charge in [-0.15, -0.1) is 0 Å². The van der Waals surface area contributed by atoms with E-state index in [1.165, 1.54) is 31.2 Å². The van der Waals surface area contributed by atoms with E-state index in [-0.39, 0.29) is 0 Å². The fraction of sp³-hybridized carbons (Fsp3) is 0.615. The molecule has 0 atom stereocenters. The molecule has 0 aromatic carbocycles. The minimum atomic E-state index is 0.735. The molecule has 16 heavy (non-hydrogen) atoms. The van der Waals surface area contributed by atoms with Gasteiger partial charge in [0, 0.05) is 31.9 Å². The number of aromatic nitrogens is 1. The van der Waals surface area contributed by atoms with Gasteiger partial charge in [-0.2, -0.15) is 0 Å². The molecule has 1 aromatic rings. The highest BCUT2D eigenvalue weighted by atomic mass is 15.2. The fourth-order valence-corrected chi connectivity index (χ4v) is 1.96. The first-order chi connectivity index (χ1) is 7.83. The maximum absolute atomic E-state index is 4.44. The molecule has 1 heterocycles. The van der Waals surface area contributed by atoms with Crippen molar-refractivity contribution in [3.05, 3.63) is 23.9 Å². The summed E-state index contributed by atoms with van der Waals surface area (Å²) in [4.78, 5) is 6.75. The molecule has 0 amide bonds. The lowest BCUT2D eigenvalue weighted by Gasteiger charge is -2.17. The molecule has 0 bridgehead atoms. The normalized spacial score (nSPS) is 19.8. The zero-order valence-electron chi connectivity index (χ0n) is 9.82. The summed E-state index contributed by atoms with van der Waals surface area (Å²) in [6, 6.07) is 5.84.